The number of nitrogens with zero attached hydrogens (tertiary/aromatic N) is 2. The van der Waals surface area contributed by atoms with Gasteiger partial charge in [0.2, 0.25) is 0 Å². The summed E-state index contributed by atoms with van der Waals surface area (Å²) in [5.41, 5.74) is -0.491. The third-order valence-electron chi connectivity index (χ3n) is 4.60. The lowest BCUT2D eigenvalue weighted by Gasteiger charge is -2.39. The Bertz CT molecular complexity index is 749. The van der Waals surface area contributed by atoms with E-state index in [0.717, 1.165) is 0 Å². The summed E-state index contributed by atoms with van der Waals surface area (Å²) in [5.74, 6) is -0.0318. The molecule has 0 N–H and O–H groups in total. The lowest BCUT2D eigenvalue weighted by molar-refractivity contribution is -0.157. The number of carbonyl (C=O) groups excluding carboxylic acids is 2. The van der Waals surface area contributed by atoms with Crippen LogP contribution in [0.3, 0.4) is 0 Å². The topological polar surface area (TPSA) is 68.3 Å². The minimum absolute atomic E-state index is 0.250. The van der Waals surface area contributed by atoms with Gasteiger partial charge in [-0.25, -0.2) is 14.0 Å². The van der Waals surface area contributed by atoms with Gasteiger partial charge in [0.1, 0.15) is 23.6 Å². The Morgan fingerprint density at radius 2 is 1.55 bits per heavy atom. The molecule has 1 atom stereocenters. The van der Waals surface area contributed by atoms with Crippen LogP contribution < -0.4 is 4.74 Å². The summed E-state index contributed by atoms with van der Waals surface area (Å²) in [4.78, 5) is 27.9. The number of para-hydroxylation sites is 1. The van der Waals surface area contributed by atoms with Gasteiger partial charge in [0, 0.05) is 31.7 Å². The van der Waals surface area contributed by atoms with Gasteiger partial charge in [0.15, 0.2) is 6.61 Å². The van der Waals surface area contributed by atoms with Crippen molar-refractivity contribution in [1.29, 1.82) is 0 Å². The van der Waals surface area contributed by atoms with Crippen LogP contribution in [0.15, 0.2) is 24.3 Å². The van der Waals surface area contributed by atoms with E-state index in [4.69, 9.17) is 14.2 Å². The number of carbonyl (C=O) groups is 2. The summed E-state index contributed by atoms with van der Waals surface area (Å²) in [6.45, 7) is 11.9. The van der Waals surface area contributed by atoms with Crippen molar-refractivity contribution in [3.63, 3.8) is 0 Å². The molecule has 0 spiro atoms. The molecular weight excluding hydrogens is 403 g/mol. The number of esters is 1. The fraction of sp³-hybridized carbons (Fsp3) is 0.652. The lowest BCUT2D eigenvalue weighted by Crippen LogP contribution is -2.51. The molecule has 0 aromatic heterocycles. The van der Waals surface area contributed by atoms with Crippen molar-refractivity contribution in [2.75, 3.05) is 39.5 Å². The highest BCUT2D eigenvalue weighted by molar-refractivity contribution is 5.71. The molecule has 0 saturated carbocycles. The van der Waals surface area contributed by atoms with Crippen molar-refractivity contribution in [3.05, 3.63) is 29.8 Å². The molecule has 1 aromatic rings. The fourth-order valence-electron chi connectivity index (χ4n) is 3.31. The van der Waals surface area contributed by atoms with Gasteiger partial charge < -0.3 is 19.1 Å². The number of hydrogen-bond donors (Lipinski definition) is 0. The maximum atomic E-state index is 14.1. The number of alkyl halides is 1. The van der Waals surface area contributed by atoms with Crippen LogP contribution in [0.25, 0.3) is 0 Å². The number of halogens is 1. The predicted molar refractivity (Wildman–Crippen MR) is 116 cm³/mol. The van der Waals surface area contributed by atoms with Gasteiger partial charge in [-0.15, -0.1) is 0 Å². The summed E-state index contributed by atoms with van der Waals surface area (Å²) in [6.07, 6.45) is -0.356. The summed E-state index contributed by atoms with van der Waals surface area (Å²) in [7, 11) is 0. The van der Waals surface area contributed by atoms with Gasteiger partial charge >= 0.3 is 12.1 Å². The summed E-state index contributed by atoms with van der Waals surface area (Å²) in [6, 6.07) is 6.59. The molecule has 1 unspecified atom stereocenters. The van der Waals surface area contributed by atoms with E-state index in [2.05, 4.69) is 0 Å². The molecule has 1 aliphatic rings. The Labute approximate surface area is 184 Å². The molecule has 0 bridgehead atoms. The highest BCUT2D eigenvalue weighted by Crippen LogP contribution is 2.31. The van der Waals surface area contributed by atoms with E-state index in [1.54, 1.807) is 43.9 Å². The van der Waals surface area contributed by atoms with Crippen LogP contribution in [0.4, 0.5) is 9.18 Å². The number of hydrogen-bond acceptors (Lipinski definition) is 6. The van der Waals surface area contributed by atoms with Crippen LogP contribution in [0.1, 0.15) is 53.1 Å². The van der Waals surface area contributed by atoms with Gasteiger partial charge in [0.25, 0.3) is 0 Å². The molecular formula is C23H35FN2O5. The monoisotopic (exact) mass is 438 g/mol. The highest BCUT2D eigenvalue weighted by atomic mass is 19.1. The second-order valence-electron chi connectivity index (χ2n) is 9.59. The van der Waals surface area contributed by atoms with Gasteiger partial charge in [-0.1, -0.05) is 18.2 Å². The first kappa shape index (κ1) is 24.9. The van der Waals surface area contributed by atoms with E-state index in [0.29, 0.717) is 37.5 Å². The molecule has 1 aliphatic heterocycles. The number of piperazine rings is 1. The Morgan fingerprint density at radius 1 is 0.968 bits per heavy atom. The standard InChI is InChI=1S/C23H35FN2O5/c1-22(2,3)30-20(27)16-29-19-10-8-7-9-17(19)18(15-24)25-11-13-26(14-12-25)21(28)31-23(4,5)6/h7-10,18H,11-16H2,1-6H3. The third kappa shape index (κ3) is 8.01. The second kappa shape index (κ2) is 10.3. The Balaban J connectivity index is 2.02. The van der Waals surface area contributed by atoms with Crippen molar-refractivity contribution < 1.29 is 28.2 Å². The van der Waals surface area contributed by atoms with Crippen LogP contribution in [-0.2, 0) is 14.3 Å². The van der Waals surface area contributed by atoms with Crippen LogP contribution in [-0.4, -0.2) is 72.5 Å². The first-order chi connectivity index (χ1) is 14.4. The van der Waals surface area contributed by atoms with Crippen LogP contribution in [0, 0.1) is 0 Å². The van der Waals surface area contributed by atoms with E-state index < -0.39 is 29.9 Å². The molecule has 0 aliphatic carbocycles. The SMILES string of the molecule is CC(C)(C)OC(=O)COc1ccccc1C(CF)N1CCN(C(=O)OC(C)(C)C)CC1. The Kier molecular flexibility index (Phi) is 8.28. The quantitative estimate of drug-likeness (QED) is 0.626. The molecule has 1 amide bonds. The van der Waals surface area contributed by atoms with E-state index in [1.165, 1.54) is 0 Å². The number of benzene rings is 1. The first-order valence-corrected chi connectivity index (χ1v) is 10.6. The zero-order chi connectivity index (χ0) is 23.2. The molecule has 31 heavy (non-hydrogen) atoms. The molecule has 1 saturated heterocycles. The minimum atomic E-state index is -0.612. The summed E-state index contributed by atoms with van der Waals surface area (Å²) in [5, 5.41) is 0. The second-order valence-corrected chi connectivity index (χ2v) is 9.59. The van der Waals surface area contributed by atoms with E-state index in [9.17, 15) is 14.0 Å². The van der Waals surface area contributed by atoms with Crippen molar-refractivity contribution in [2.45, 2.75) is 58.8 Å². The van der Waals surface area contributed by atoms with E-state index >= 15 is 0 Å². The predicted octanol–water partition coefficient (Wildman–Crippen LogP) is 3.97. The normalized spacial score (nSPS) is 16.5. The van der Waals surface area contributed by atoms with Crippen molar-refractivity contribution >= 4 is 12.1 Å². The van der Waals surface area contributed by atoms with Crippen molar-refractivity contribution in [3.8, 4) is 5.75 Å². The van der Waals surface area contributed by atoms with Crippen LogP contribution in [0.2, 0.25) is 0 Å². The minimum Gasteiger partial charge on any atom is -0.482 e. The van der Waals surface area contributed by atoms with E-state index in [1.807, 2.05) is 31.7 Å². The molecule has 1 aromatic carbocycles. The van der Waals surface area contributed by atoms with Gasteiger partial charge in [-0.05, 0) is 47.6 Å². The third-order valence-corrected chi connectivity index (χ3v) is 4.60. The Morgan fingerprint density at radius 3 is 2.10 bits per heavy atom. The van der Waals surface area contributed by atoms with Gasteiger partial charge in [-0.2, -0.15) is 0 Å². The van der Waals surface area contributed by atoms with Crippen molar-refractivity contribution in [2.24, 2.45) is 0 Å². The first-order valence-electron chi connectivity index (χ1n) is 10.6. The largest absolute Gasteiger partial charge is 0.482 e. The molecule has 1 heterocycles. The average molecular weight is 439 g/mol. The van der Waals surface area contributed by atoms with Crippen molar-refractivity contribution in [1.82, 2.24) is 9.80 Å². The number of ether oxygens (including phenoxy) is 3. The molecule has 174 valence electrons. The zero-order valence-corrected chi connectivity index (χ0v) is 19.4. The molecule has 8 heteroatoms. The van der Waals surface area contributed by atoms with E-state index in [-0.39, 0.29) is 12.7 Å². The maximum absolute atomic E-state index is 14.1. The lowest BCUT2D eigenvalue weighted by atomic mass is 10.0. The molecule has 0 radical (unpaired) electrons. The molecule has 7 nitrogen and oxygen atoms in total. The number of amides is 1. The zero-order valence-electron chi connectivity index (χ0n) is 19.4. The van der Waals surface area contributed by atoms with Crippen LogP contribution >= 0.6 is 0 Å². The average Bonchev–Trinajstić information content (AvgIpc) is 2.65. The molecule has 1 fully saturated rings. The highest BCUT2D eigenvalue weighted by Gasteiger charge is 2.31. The fourth-order valence-corrected chi connectivity index (χ4v) is 3.31. The Hall–Kier alpha value is -2.35. The van der Waals surface area contributed by atoms with Crippen LogP contribution in [0.5, 0.6) is 5.75 Å². The summed E-state index contributed by atoms with van der Waals surface area (Å²) < 4.78 is 30.5. The number of rotatable bonds is 6. The maximum Gasteiger partial charge on any atom is 0.410 e. The molecule has 2 rings (SSSR count). The van der Waals surface area contributed by atoms with Gasteiger partial charge in [0.05, 0.1) is 6.04 Å². The summed E-state index contributed by atoms with van der Waals surface area (Å²) >= 11 is 0. The van der Waals surface area contributed by atoms with Gasteiger partial charge in [-0.3, -0.25) is 4.90 Å². The smallest absolute Gasteiger partial charge is 0.410 e.